The fourth-order valence-corrected chi connectivity index (χ4v) is 2.19. The predicted molar refractivity (Wildman–Crippen MR) is 77.3 cm³/mol. The van der Waals surface area contributed by atoms with Crippen LogP contribution in [0.2, 0.25) is 5.28 Å². The fraction of sp³-hybridized carbons (Fsp3) is 0. The molecule has 7 nitrogen and oxygen atoms in total. The van der Waals surface area contributed by atoms with Gasteiger partial charge in [-0.3, -0.25) is 24.9 Å². The molecule has 0 fully saturated rings. The summed E-state index contributed by atoms with van der Waals surface area (Å²) < 4.78 is 0. The van der Waals surface area contributed by atoms with Gasteiger partial charge in [0.1, 0.15) is 5.52 Å². The summed E-state index contributed by atoms with van der Waals surface area (Å²) >= 11 is 5.76. The van der Waals surface area contributed by atoms with Gasteiger partial charge in [-0.1, -0.05) is 12.1 Å². The van der Waals surface area contributed by atoms with E-state index in [1.165, 1.54) is 24.4 Å². The van der Waals surface area contributed by atoms with Crippen LogP contribution in [0, 0.1) is 10.1 Å². The Balaban J connectivity index is 2.33. The number of rotatable bonds is 2. The summed E-state index contributed by atoms with van der Waals surface area (Å²) in [5, 5.41) is 11.1. The maximum atomic E-state index is 11.8. The summed E-state index contributed by atoms with van der Waals surface area (Å²) in [5.74, 6) is 0. The highest BCUT2D eigenvalue weighted by Gasteiger charge is 2.13. The fourth-order valence-electron chi connectivity index (χ4n) is 2.02. The molecule has 3 aromatic rings. The maximum Gasteiger partial charge on any atom is 0.270 e. The summed E-state index contributed by atoms with van der Waals surface area (Å²) in [5.41, 5.74) is 0.696. The first-order chi connectivity index (χ1) is 10.1. The molecule has 0 bridgehead atoms. The Kier molecular flexibility index (Phi) is 3.11. The van der Waals surface area contributed by atoms with E-state index in [1.807, 2.05) is 0 Å². The normalized spacial score (nSPS) is 10.7. The van der Waals surface area contributed by atoms with E-state index >= 15 is 0 Å². The van der Waals surface area contributed by atoms with Crippen LogP contribution in [0.4, 0.5) is 5.69 Å². The van der Waals surface area contributed by atoms with E-state index in [4.69, 9.17) is 11.6 Å². The number of benzene rings is 1. The average Bonchev–Trinajstić information content (AvgIpc) is 2.46. The lowest BCUT2D eigenvalue weighted by molar-refractivity contribution is -0.384. The molecule has 0 saturated carbocycles. The van der Waals surface area contributed by atoms with Crippen LogP contribution in [0.25, 0.3) is 22.2 Å². The molecular weight excluding hydrogens is 296 g/mol. The molecule has 21 heavy (non-hydrogen) atoms. The third-order valence-corrected chi connectivity index (χ3v) is 3.10. The SMILES string of the molecule is O=c1[nH]c(Cl)nc2c(-c3cccc([N+](=O)[O-])c3)nccc12. The molecule has 0 atom stereocenters. The van der Waals surface area contributed by atoms with Crippen LogP contribution < -0.4 is 5.56 Å². The minimum absolute atomic E-state index is 0.0628. The molecule has 0 radical (unpaired) electrons. The van der Waals surface area contributed by atoms with E-state index in [2.05, 4.69) is 15.0 Å². The van der Waals surface area contributed by atoms with Crippen molar-refractivity contribution in [1.82, 2.24) is 15.0 Å². The average molecular weight is 303 g/mol. The highest BCUT2D eigenvalue weighted by molar-refractivity contribution is 6.28. The topological polar surface area (TPSA) is 102 Å². The number of nitro benzene ring substituents is 1. The quantitative estimate of drug-likeness (QED) is 0.445. The third kappa shape index (κ3) is 2.34. The Bertz CT molecular complexity index is 923. The van der Waals surface area contributed by atoms with Gasteiger partial charge in [0.15, 0.2) is 0 Å². The number of nitrogens with one attached hydrogen (secondary N) is 1. The van der Waals surface area contributed by atoms with Crippen molar-refractivity contribution in [3.05, 3.63) is 62.3 Å². The molecule has 0 aliphatic carbocycles. The van der Waals surface area contributed by atoms with Crippen molar-refractivity contribution >= 4 is 28.2 Å². The molecule has 0 spiro atoms. The van der Waals surface area contributed by atoms with Crippen molar-refractivity contribution in [3.8, 4) is 11.3 Å². The van der Waals surface area contributed by atoms with Gasteiger partial charge in [0, 0.05) is 23.9 Å². The molecule has 0 aliphatic heterocycles. The standard InChI is InChI=1S/C13H7ClN4O3/c14-13-16-11-9(12(19)17-13)4-5-15-10(11)7-2-1-3-8(6-7)18(20)21/h1-6H,(H,16,17,19). The molecular formula is C13H7ClN4O3. The zero-order valence-electron chi connectivity index (χ0n) is 10.4. The number of H-pyrrole nitrogens is 1. The summed E-state index contributed by atoms with van der Waals surface area (Å²) in [6.45, 7) is 0. The van der Waals surface area contributed by atoms with E-state index in [1.54, 1.807) is 12.1 Å². The van der Waals surface area contributed by atoms with Crippen molar-refractivity contribution in [2.75, 3.05) is 0 Å². The predicted octanol–water partition coefficient (Wildman–Crippen LogP) is 2.55. The van der Waals surface area contributed by atoms with Gasteiger partial charge in [0.25, 0.3) is 11.2 Å². The van der Waals surface area contributed by atoms with Crippen molar-refractivity contribution in [3.63, 3.8) is 0 Å². The Morgan fingerprint density at radius 1 is 1.29 bits per heavy atom. The van der Waals surface area contributed by atoms with Gasteiger partial charge >= 0.3 is 0 Å². The van der Waals surface area contributed by atoms with Crippen LogP contribution in [-0.2, 0) is 0 Å². The number of fused-ring (bicyclic) bond motifs is 1. The lowest BCUT2D eigenvalue weighted by atomic mass is 10.1. The number of nitro groups is 1. The Hall–Kier alpha value is -2.80. The van der Waals surface area contributed by atoms with Crippen LogP contribution in [0.1, 0.15) is 0 Å². The minimum Gasteiger partial charge on any atom is -0.297 e. The first-order valence-electron chi connectivity index (χ1n) is 5.85. The van der Waals surface area contributed by atoms with Crippen LogP contribution in [0.15, 0.2) is 41.3 Å². The molecule has 0 aliphatic rings. The molecule has 104 valence electrons. The largest absolute Gasteiger partial charge is 0.297 e. The van der Waals surface area contributed by atoms with Crippen LogP contribution in [-0.4, -0.2) is 19.9 Å². The minimum atomic E-state index is -0.498. The second-order valence-electron chi connectivity index (χ2n) is 4.22. The maximum absolute atomic E-state index is 11.8. The Morgan fingerprint density at radius 3 is 2.86 bits per heavy atom. The second kappa shape index (κ2) is 4.95. The number of nitrogens with zero attached hydrogens (tertiary/aromatic N) is 3. The van der Waals surface area contributed by atoms with Crippen LogP contribution >= 0.6 is 11.6 Å². The Labute approximate surface area is 122 Å². The van der Waals surface area contributed by atoms with Crippen LogP contribution in [0.3, 0.4) is 0 Å². The molecule has 3 rings (SSSR count). The summed E-state index contributed by atoms with van der Waals surface area (Å²) in [4.78, 5) is 32.8. The molecule has 2 heterocycles. The van der Waals surface area contributed by atoms with Crippen molar-refractivity contribution < 1.29 is 4.92 Å². The van der Waals surface area contributed by atoms with E-state index < -0.39 is 4.92 Å². The van der Waals surface area contributed by atoms with Gasteiger partial charge in [-0.25, -0.2) is 4.98 Å². The molecule has 2 aromatic heterocycles. The molecule has 8 heteroatoms. The zero-order valence-corrected chi connectivity index (χ0v) is 11.2. The zero-order chi connectivity index (χ0) is 15.0. The number of hydrogen-bond acceptors (Lipinski definition) is 5. The summed E-state index contributed by atoms with van der Waals surface area (Å²) in [6, 6.07) is 7.47. The lowest BCUT2D eigenvalue weighted by Crippen LogP contribution is -2.08. The number of aromatic nitrogens is 3. The first-order valence-corrected chi connectivity index (χ1v) is 6.23. The van der Waals surface area contributed by atoms with Gasteiger partial charge < -0.3 is 0 Å². The van der Waals surface area contributed by atoms with Gasteiger partial charge in [0.2, 0.25) is 5.28 Å². The second-order valence-corrected chi connectivity index (χ2v) is 4.58. The van der Waals surface area contributed by atoms with E-state index in [9.17, 15) is 14.9 Å². The molecule has 1 aromatic carbocycles. The summed E-state index contributed by atoms with van der Waals surface area (Å²) in [6.07, 6.45) is 1.45. The molecule has 1 N–H and O–H groups in total. The van der Waals surface area contributed by atoms with Crippen molar-refractivity contribution in [1.29, 1.82) is 0 Å². The van der Waals surface area contributed by atoms with Gasteiger partial charge in [-0.15, -0.1) is 0 Å². The highest BCUT2D eigenvalue weighted by atomic mass is 35.5. The first kappa shape index (κ1) is 13.2. The van der Waals surface area contributed by atoms with Crippen molar-refractivity contribution in [2.24, 2.45) is 0 Å². The van der Waals surface area contributed by atoms with Gasteiger partial charge in [-0.2, -0.15) is 0 Å². The van der Waals surface area contributed by atoms with E-state index in [-0.39, 0.29) is 16.5 Å². The Morgan fingerprint density at radius 2 is 2.10 bits per heavy atom. The summed E-state index contributed by atoms with van der Waals surface area (Å²) in [7, 11) is 0. The van der Waals surface area contributed by atoms with Gasteiger partial charge in [0.05, 0.1) is 16.0 Å². The van der Waals surface area contributed by atoms with Crippen LogP contribution in [0.5, 0.6) is 0 Å². The lowest BCUT2D eigenvalue weighted by Gasteiger charge is -2.04. The third-order valence-electron chi connectivity index (χ3n) is 2.93. The van der Waals surface area contributed by atoms with Crippen molar-refractivity contribution in [2.45, 2.75) is 0 Å². The molecule has 0 amide bonds. The van der Waals surface area contributed by atoms with E-state index in [0.717, 1.165) is 0 Å². The van der Waals surface area contributed by atoms with E-state index in [0.29, 0.717) is 22.2 Å². The number of aromatic amines is 1. The highest BCUT2D eigenvalue weighted by Crippen LogP contribution is 2.26. The molecule has 0 unspecified atom stereocenters. The smallest absolute Gasteiger partial charge is 0.270 e. The number of non-ortho nitro benzene ring substituents is 1. The van der Waals surface area contributed by atoms with Gasteiger partial charge in [-0.05, 0) is 17.7 Å². The monoisotopic (exact) mass is 302 g/mol. The number of halogens is 1. The number of pyridine rings is 1. The molecule has 0 saturated heterocycles. The number of hydrogen-bond donors (Lipinski definition) is 1.